The predicted molar refractivity (Wildman–Crippen MR) is 143 cm³/mol. The molecule has 5 aromatic rings. The van der Waals surface area contributed by atoms with Crippen LogP contribution in [0.4, 0.5) is 15.8 Å². The van der Waals surface area contributed by atoms with Gasteiger partial charge in [-0.15, -0.1) is 0 Å². The molecule has 184 valence electrons. The van der Waals surface area contributed by atoms with Crippen LogP contribution in [0.5, 0.6) is 0 Å². The summed E-state index contributed by atoms with van der Waals surface area (Å²) in [4.78, 5) is 24.4. The molecule has 2 aromatic heterocycles. The van der Waals surface area contributed by atoms with E-state index in [0.29, 0.717) is 24.2 Å². The lowest BCUT2D eigenvalue weighted by molar-refractivity contribution is 0.0696. The number of pyridine rings is 1. The third kappa shape index (κ3) is 4.68. The van der Waals surface area contributed by atoms with E-state index >= 15 is 0 Å². The maximum atomic E-state index is 13.9. The summed E-state index contributed by atoms with van der Waals surface area (Å²) in [6.07, 6.45) is 3.30. The maximum Gasteiger partial charge on any atom is 0.253 e. The molecule has 6 nitrogen and oxygen atoms in total. The number of hydrogen-bond donors (Lipinski definition) is 1. The van der Waals surface area contributed by atoms with Crippen molar-refractivity contribution in [2.75, 3.05) is 18.4 Å². The number of para-hydroxylation sites is 1. The molecule has 1 saturated heterocycles. The number of carbonyl (C=O) groups excluding carboxylic acids is 1. The van der Waals surface area contributed by atoms with E-state index in [1.807, 2.05) is 77.7 Å². The number of halogens is 1. The summed E-state index contributed by atoms with van der Waals surface area (Å²) >= 11 is 0. The van der Waals surface area contributed by atoms with E-state index in [4.69, 9.17) is 4.98 Å². The third-order valence-corrected chi connectivity index (χ3v) is 6.86. The third-order valence-electron chi connectivity index (χ3n) is 6.86. The van der Waals surface area contributed by atoms with E-state index in [0.717, 1.165) is 41.3 Å². The number of carbonyl (C=O) groups is 1. The minimum atomic E-state index is -0.310. The Bertz CT molecular complexity index is 1530. The van der Waals surface area contributed by atoms with Crippen molar-refractivity contribution < 1.29 is 9.18 Å². The van der Waals surface area contributed by atoms with Crippen LogP contribution in [-0.2, 0) is 0 Å². The summed E-state index contributed by atoms with van der Waals surface area (Å²) in [6.45, 7) is 1.27. The summed E-state index contributed by atoms with van der Waals surface area (Å²) in [5, 5.41) is 3.35. The molecule has 6 rings (SSSR count). The number of benzene rings is 3. The van der Waals surface area contributed by atoms with E-state index in [9.17, 15) is 9.18 Å². The Labute approximate surface area is 214 Å². The molecule has 1 aliphatic rings. The second kappa shape index (κ2) is 9.85. The highest BCUT2D eigenvalue weighted by atomic mass is 19.1. The van der Waals surface area contributed by atoms with Crippen LogP contribution < -0.4 is 5.32 Å². The Morgan fingerprint density at radius 1 is 0.865 bits per heavy atom. The van der Waals surface area contributed by atoms with Gasteiger partial charge in [-0.1, -0.05) is 24.3 Å². The molecule has 3 aromatic carbocycles. The number of fused-ring (bicyclic) bond motifs is 1. The van der Waals surface area contributed by atoms with Crippen LogP contribution in [0, 0.1) is 5.82 Å². The number of rotatable bonds is 5. The van der Waals surface area contributed by atoms with Gasteiger partial charge in [0.15, 0.2) is 5.82 Å². The molecule has 7 heteroatoms. The fourth-order valence-corrected chi connectivity index (χ4v) is 5.01. The molecule has 1 fully saturated rings. The first-order valence-corrected chi connectivity index (χ1v) is 12.5. The van der Waals surface area contributed by atoms with E-state index < -0.39 is 0 Å². The Morgan fingerprint density at radius 2 is 1.59 bits per heavy atom. The summed E-state index contributed by atoms with van der Waals surface area (Å²) in [5.41, 5.74) is 4.86. The van der Waals surface area contributed by atoms with Crippen LogP contribution >= 0.6 is 0 Å². The molecule has 0 unspecified atom stereocenters. The van der Waals surface area contributed by atoms with Crippen molar-refractivity contribution in [3.63, 3.8) is 0 Å². The van der Waals surface area contributed by atoms with Gasteiger partial charge in [0.25, 0.3) is 5.91 Å². The van der Waals surface area contributed by atoms with E-state index in [2.05, 4.69) is 14.9 Å². The molecule has 0 atom stereocenters. The van der Waals surface area contributed by atoms with Crippen molar-refractivity contribution in [1.82, 2.24) is 19.4 Å². The first kappa shape index (κ1) is 22.9. The first-order valence-electron chi connectivity index (χ1n) is 12.5. The fraction of sp³-hybridized carbons (Fsp3) is 0.167. The molecule has 0 bridgehead atoms. The highest BCUT2D eigenvalue weighted by Gasteiger charge is 2.28. The summed E-state index contributed by atoms with van der Waals surface area (Å²) in [5.74, 6) is 0.454. The van der Waals surface area contributed by atoms with Crippen molar-refractivity contribution in [3.05, 3.63) is 109 Å². The van der Waals surface area contributed by atoms with Crippen LogP contribution in [0.15, 0.2) is 97.2 Å². The minimum absolute atomic E-state index is 0.0345. The molecule has 0 saturated carbocycles. The molecule has 3 heterocycles. The fourth-order valence-electron chi connectivity index (χ4n) is 5.01. The zero-order valence-corrected chi connectivity index (χ0v) is 20.2. The smallest absolute Gasteiger partial charge is 0.253 e. The Balaban J connectivity index is 1.19. The zero-order valence-electron chi connectivity index (χ0n) is 20.2. The number of aromatic nitrogens is 3. The summed E-state index contributed by atoms with van der Waals surface area (Å²) in [6, 6.07) is 28.1. The summed E-state index contributed by atoms with van der Waals surface area (Å²) in [7, 11) is 0. The second-order valence-electron chi connectivity index (χ2n) is 9.25. The Kier molecular flexibility index (Phi) is 6.10. The lowest BCUT2D eigenvalue weighted by atomic mass is 10.0. The molecular weight excluding hydrogens is 465 g/mol. The standard InChI is InChI=1S/C30H26FN5O/c31-22-11-14-28-27(20-22)34-29(26-8-4-5-17-32-26)36(28)25-15-18-35(19-16-25)30(37)21-9-12-24(13-10-21)33-23-6-2-1-3-7-23/h1-14,17,20,25,33H,15-16,18-19H2. The summed E-state index contributed by atoms with van der Waals surface area (Å²) < 4.78 is 16.1. The molecular formula is C30H26FN5O. The molecule has 0 radical (unpaired) electrons. The molecule has 0 spiro atoms. The topological polar surface area (TPSA) is 63.1 Å². The van der Waals surface area contributed by atoms with Gasteiger partial charge in [-0.05, 0) is 73.5 Å². The maximum absolute atomic E-state index is 13.9. The van der Waals surface area contributed by atoms with Gasteiger partial charge < -0.3 is 14.8 Å². The van der Waals surface area contributed by atoms with E-state index in [1.54, 1.807) is 12.3 Å². The predicted octanol–water partition coefficient (Wildman–Crippen LogP) is 6.46. The number of nitrogens with one attached hydrogen (secondary N) is 1. The quantitative estimate of drug-likeness (QED) is 0.307. The number of hydrogen-bond acceptors (Lipinski definition) is 4. The average molecular weight is 492 g/mol. The minimum Gasteiger partial charge on any atom is -0.356 e. The van der Waals surface area contributed by atoms with Crippen molar-refractivity contribution in [2.24, 2.45) is 0 Å². The molecule has 0 aliphatic carbocycles. The van der Waals surface area contributed by atoms with Crippen LogP contribution in [0.1, 0.15) is 29.2 Å². The van der Waals surface area contributed by atoms with Gasteiger partial charge in [0, 0.05) is 48.3 Å². The van der Waals surface area contributed by atoms with Gasteiger partial charge >= 0.3 is 0 Å². The number of nitrogens with zero attached hydrogens (tertiary/aromatic N) is 4. The number of anilines is 2. The van der Waals surface area contributed by atoms with Crippen LogP contribution in [-0.4, -0.2) is 38.4 Å². The van der Waals surface area contributed by atoms with Gasteiger partial charge in [0.05, 0.1) is 11.0 Å². The monoisotopic (exact) mass is 491 g/mol. The van der Waals surface area contributed by atoms with Crippen molar-refractivity contribution in [3.8, 4) is 11.5 Å². The lowest BCUT2D eigenvalue weighted by Crippen LogP contribution is -2.39. The van der Waals surface area contributed by atoms with E-state index in [1.165, 1.54) is 12.1 Å². The number of amides is 1. The molecule has 1 amide bonds. The average Bonchev–Trinajstić information content (AvgIpc) is 3.33. The Hall–Kier alpha value is -4.52. The molecule has 1 aliphatic heterocycles. The molecule has 37 heavy (non-hydrogen) atoms. The lowest BCUT2D eigenvalue weighted by Gasteiger charge is -2.33. The number of likely N-dealkylation sites (tertiary alicyclic amines) is 1. The number of piperidine rings is 1. The van der Waals surface area contributed by atoms with Crippen LogP contribution in [0.3, 0.4) is 0 Å². The number of imidazole rings is 1. The zero-order chi connectivity index (χ0) is 25.2. The SMILES string of the molecule is O=C(c1ccc(Nc2ccccc2)cc1)N1CCC(n2c(-c3ccccn3)nc3cc(F)ccc32)CC1. The van der Waals surface area contributed by atoms with Crippen LogP contribution in [0.25, 0.3) is 22.6 Å². The van der Waals surface area contributed by atoms with Crippen molar-refractivity contribution in [1.29, 1.82) is 0 Å². The van der Waals surface area contributed by atoms with E-state index in [-0.39, 0.29) is 17.8 Å². The van der Waals surface area contributed by atoms with Gasteiger partial charge in [0.1, 0.15) is 11.5 Å². The van der Waals surface area contributed by atoms with Gasteiger partial charge in [-0.25, -0.2) is 9.37 Å². The molecule has 1 N–H and O–H groups in total. The van der Waals surface area contributed by atoms with Gasteiger partial charge in [0.2, 0.25) is 0 Å². The highest BCUT2D eigenvalue weighted by Crippen LogP contribution is 2.33. The first-order chi connectivity index (χ1) is 18.2. The normalized spacial score (nSPS) is 14.1. The van der Waals surface area contributed by atoms with Crippen LogP contribution in [0.2, 0.25) is 0 Å². The van der Waals surface area contributed by atoms with Gasteiger partial charge in [-0.2, -0.15) is 0 Å². The highest BCUT2D eigenvalue weighted by molar-refractivity contribution is 5.94. The van der Waals surface area contributed by atoms with Gasteiger partial charge in [-0.3, -0.25) is 9.78 Å². The second-order valence-corrected chi connectivity index (χ2v) is 9.25. The van der Waals surface area contributed by atoms with Crippen molar-refractivity contribution in [2.45, 2.75) is 18.9 Å². The largest absolute Gasteiger partial charge is 0.356 e. The van der Waals surface area contributed by atoms with Crippen molar-refractivity contribution >= 4 is 28.3 Å². The Morgan fingerprint density at radius 3 is 2.32 bits per heavy atom.